The van der Waals surface area contributed by atoms with Gasteiger partial charge in [-0.25, -0.2) is 0 Å². The maximum atomic E-state index is 13.0. The minimum atomic E-state index is -1.99. The van der Waals surface area contributed by atoms with E-state index in [1.807, 2.05) is 48.2 Å². The van der Waals surface area contributed by atoms with Crippen molar-refractivity contribution in [1.82, 2.24) is 4.90 Å². The molecule has 1 amide bonds. The van der Waals surface area contributed by atoms with Gasteiger partial charge in [0.25, 0.3) is 0 Å². The molecule has 4 nitrogen and oxygen atoms in total. The van der Waals surface area contributed by atoms with Crippen molar-refractivity contribution >= 4 is 23.2 Å². The molecule has 3 rings (SSSR count). The summed E-state index contributed by atoms with van der Waals surface area (Å²) in [5, 5.41) is 0.0932. The first kappa shape index (κ1) is 17.8. The van der Waals surface area contributed by atoms with Crippen LogP contribution in [0.3, 0.4) is 0 Å². The maximum Gasteiger partial charge on any atom is 0.227 e. The van der Waals surface area contributed by atoms with Gasteiger partial charge < -0.3 is 14.5 Å². The molecule has 2 aliphatic rings. The standard InChI is InChI=1S/C22H34N2O2S/c1-3-21(25)24(19-8-5-4-6-9-19)22(18-26-2)12-15-23(16-13-22)14-11-20-10-7-17-27-20/h4-10,20H,3,11-18,27H2,1-2H3/i27D2. The van der Waals surface area contributed by atoms with Crippen LogP contribution in [0.15, 0.2) is 42.5 Å². The van der Waals surface area contributed by atoms with E-state index in [0.29, 0.717) is 18.8 Å². The quantitative estimate of drug-likeness (QED) is 0.636. The zero-order valence-corrected chi connectivity index (χ0v) is 17.4. The first-order valence-electron chi connectivity index (χ1n) is 10.9. The Morgan fingerprint density at radius 1 is 1.37 bits per heavy atom. The van der Waals surface area contributed by atoms with Crippen LogP contribution in [0.5, 0.6) is 0 Å². The van der Waals surface area contributed by atoms with Crippen LogP contribution in [-0.2, 0) is 9.53 Å². The van der Waals surface area contributed by atoms with Gasteiger partial charge in [0.2, 0.25) is 5.91 Å². The summed E-state index contributed by atoms with van der Waals surface area (Å²) < 4.78 is 22.0. The number of rotatable bonds is 8. The van der Waals surface area contributed by atoms with Crippen LogP contribution in [0, 0.1) is 0 Å². The third-order valence-electron chi connectivity index (χ3n) is 5.73. The van der Waals surface area contributed by atoms with Crippen molar-refractivity contribution in [3.05, 3.63) is 42.5 Å². The highest BCUT2D eigenvalue weighted by Gasteiger charge is 2.42. The summed E-state index contributed by atoms with van der Waals surface area (Å²) in [7, 11) is 1.71. The molecule has 0 spiro atoms. The topological polar surface area (TPSA) is 32.8 Å². The number of amides is 1. The Morgan fingerprint density at radius 3 is 2.70 bits per heavy atom. The Kier molecular flexibility index (Phi) is 6.43. The number of nitrogens with zero attached hydrogens (tertiary/aromatic N) is 2. The van der Waals surface area contributed by atoms with E-state index >= 15 is 0 Å². The molecule has 0 bridgehead atoms. The lowest BCUT2D eigenvalue weighted by atomic mass is 9.85. The van der Waals surface area contributed by atoms with Gasteiger partial charge in [-0.2, -0.15) is 0 Å². The molecule has 2 heterocycles. The smallest absolute Gasteiger partial charge is 0.227 e. The van der Waals surface area contributed by atoms with E-state index in [0.717, 1.165) is 44.6 Å². The summed E-state index contributed by atoms with van der Waals surface area (Å²) in [4.78, 5) is 17.4. The summed E-state index contributed by atoms with van der Waals surface area (Å²) in [5.74, 6) is 0.745. The van der Waals surface area contributed by atoms with Gasteiger partial charge in [0.15, 0.2) is 0 Å². The number of carbonyl (C=O) groups is 1. The summed E-state index contributed by atoms with van der Waals surface area (Å²) in [6.45, 7) is 5.16. The summed E-state index contributed by atoms with van der Waals surface area (Å²) in [5.41, 5.74) is 0.616. The number of ether oxygens (including phenoxy) is 1. The van der Waals surface area contributed by atoms with Crippen LogP contribution < -0.4 is 4.90 Å². The highest BCUT2D eigenvalue weighted by atomic mass is 32.2. The molecule has 0 aliphatic carbocycles. The number of benzene rings is 1. The first-order valence-corrected chi connectivity index (χ1v) is 11.1. The molecule has 0 N–H and O–H groups in total. The minimum absolute atomic E-state index is 0.0932. The molecule has 1 atom stereocenters. The lowest BCUT2D eigenvalue weighted by Gasteiger charge is -2.48. The predicted molar refractivity (Wildman–Crippen MR) is 117 cm³/mol. The van der Waals surface area contributed by atoms with Crippen LogP contribution in [0.25, 0.3) is 0 Å². The van der Waals surface area contributed by atoms with Gasteiger partial charge in [-0.05, 0) is 43.7 Å². The second-order valence-electron chi connectivity index (χ2n) is 7.51. The van der Waals surface area contributed by atoms with E-state index in [9.17, 15) is 4.79 Å². The molecule has 0 aromatic heterocycles. The monoisotopic (exact) mass is 392 g/mol. The number of piperidine rings is 1. The van der Waals surface area contributed by atoms with Crippen molar-refractivity contribution in [2.45, 2.75) is 43.4 Å². The van der Waals surface area contributed by atoms with Gasteiger partial charge in [0, 0.05) is 37.6 Å². The van der Waals surface area contributed by atoms with E-state index in [1.165, 1.54) is 0 Å². The maximum absolute atomic E-state index is 13.0. The molecule has 0 saturated carbocycles. The Bertz CT molecular complexity index is 706. The van der Waals surface area contributed by atoms with Gasteiger partial charge in [-0.3, -0.25) is 16.4 Å². The third kappa shape index (κ3) is 4.95. The molecule has 1 fully saturated rings. The van der Waals surface area contributed by atoms with Crippen LogP contribution in [0.1, 0.15) is 32.6 Å². The van der Waals surface area contributed by atoms with Crippen LogP contribution in [-0.4, -0.2) is 62.9 Å². The molecule has 1 aromatic rings. The second-order valence-corrected chi connectivity index (χ2v) is 8.78. The number of hydrogen-bond donors (Lipinski definition) is 0. The van der Waals surface area contributed by atoms with Gasteiger partial charge >= 0.3 is 0 Å². The fraction of sp³-hybridized carbons (Fsp3) is 0.591. The normalized spacial score (nSPS) is 26.2. The Labute approximate surface area is 170 Å². The Balaban J connectivity index is 1.69. The number of likely N-dealkylation sites (tertiary alicyclic amines) is 1. The van der Waals surface area contributed by atoms with Crippen molar-refractivity contribution in [1.29, 1.82) is 2.25 Å². The lowest BCUT2D eigenvalue weighted by molar-refractivity contribution is -0.120. The van der Waals surface area contributed by atoms with Crippen LogP contribution in [0.4, 0.5) is 5.69 Å². The molecule has 150 valence electrons. The van der Waals surface area contributed by atoms with Gasteiger partial charge in [-0.15, -0.1) is 0 Å². The largest absolute Gasteiger partial charge is 0.382 e. The second kappa shape index (κ2) is 9.76. The van der Waals surface area contributed by atoms with Gasteiger partial charge in [0.1, 0.15) is 0 Å². The first-order chi connectivity index (χ1) is 13.9. The van der Waals surface area contributed by atoms with E-state index in [2.05, 4.69) is 11.0 Å². The van der Waals surface area contributed by atoms with Crippen molar-refractivity contribution in [2.24, 2.45) is 0 Å². The fourth-order valence-corrected chi connectivity index (χ4v) is 5.21. The highest BCUT2D eigenvalue weighted by molar-refractivity contribution is 8.00. The predicted octanol–water partition coefficient (Wildman–Crippen LogP) is 3.44. The summed E-state index contributed by atoms with van der Waals surface area (Å²) >= 11 is -1.99. The Hall–Kier alpha value is -1.30. The van der Waals surface area contributed by atoms with E-state index in [1.54, 1.807) is 7.11 Å². The average Bonchev–Trinajstić information content (AvgIpc) is 3.06. The van der Waals surface area contributed by atoms with E-state index in [-0.39, 0.29) is 16.7 Å². The zero-order valence-electron chi connectivity index (χ0n) is 18.6. The van der Waals surface area contributed by atoms with Crippen LogP contribution in [0.2, 0.25) is 0 Å². The van der Waals surface area contributed by atoms with Gasteiger partial charge in [0.05, 0.1) is 14.4 Å². The summed E-state index contributed by atoms with van der Waals surface area (Å²) in [6.07, 6.45) is 7.16. The Morgan fingerprint density at radius 2 is 2.11 bits per heavy atom. The molecule has 1 aromatic carbocycles. The van der Waals surface area contributed by atoms with Crippen LogP contribution >= 0.6 is 11.6 Å². The molecule has 5 heteroatoms. The molecular formula is C22H34N2O2S. The average molecular weight is 393 g/mol. The molecule has 0 radical (unpaired) electrons. The SMILES string of the molecule is [2H]S1([2H])CC=CC1CCN1CCC(COC)(N(C(=O)CC)c2ccccc2)CC1. The van der Waals surface area contributed by atoms with Crippen molar-refractivity contribution in [2.75, 3.05) is 44.0 Å². The number of carbonyl (C=O) groups excluding carboxylic acids is 1. The lowest BCUT2D eigenvalue weighted by Crippen LogP contribution is -2.60. The number of methoxy groups -OCH3 is 1. The molecule has 2 aliphatic heterocycles. The third-order valence-corrected chi connectivity index (χ3v) is 6.93. The number of hydrogen-bond acceptors (Lipinski definition) is 3. The molecule has 27 heavy (non-hydrogen) atoms. The van der Waals surface area contributed by atoms with Gasteiger partial charge in [-0.1, -0.05) is 37.3 Å². The van der Waals surface area contributed by atoms with Crippen molar-refractivity contribution in [3.63, 3.8) is 0 Å². The molecule has 1 saturated heterocycles. The fourth-order valence-electron chi connectivity index (χ4n) is 4.24. The van der Waals surface area contributed by atoms with Crippen molar-refractivity contribution in [3.8, 4) is 0 Å². The molecule has 1 unspecified atom stereocenters. The van der Waals surface area contributed by atoms with E-state index < -0.39 is 11.6 Å². The van der Waals surface area contributed by atoms with E-state index in [4.69, 9.17) is 6.98 Å². The number of anilines is 1. The zero-order chi connectivity index (χ0) is 20.9. The van der Waals surface area contributed by atoms with Crippen molar-refractivity contribution < 1.29 is 9.53 Å². The molecular weight excluding hydrogens is 356 g/mol. The highest BCUT2D eigenvalue weighted by Crippen LogP contribution is 2.35. The summed E-state index contributed by atoms with van der Waals surface area (Å²) in [6, 6.07) is 9.95. The number of para-hydroxylation sites is 1. The minimum Gasteiger partial charge on any atom is -0.382 e.